The minimum absolute atomic E-state index is 0.145. The van der Waals surface area contributed by atoms with Crippen molar-refractivity contribution in [2.75, 3.05) is 0 Å². The smallest absolute Gasteiger partial charge is 0.220 e. The Bertz CT molecular complexity index is 524. The quantitative estimate of drug-likeness (QED) is 0.813. The number of aliphatic imine (C=N–C) groups is 1. The maximum absolute atomic E-state index is 12.0. The van der Waals surface area contributed by atoms with Crippen LogP contribution in [-0.2, 0) is 11.3 Å². The Balaban J connectivity index is 2.20. The summed E-state index contributed by atoms with van der Waals surface area (Å²) in [5.74, 6) is 0.145. The number of piperidine rings is 1. The standard InChI is InChI=1S/C18H26N2O/c1-14(21)20-17(2,3)11-16(12-18(20,4)5)19-13-15-9-7-6-8-10-15/h6-10H,11-13H2,1-5H3. The number of carbonyl (C=O) groups excluding carboxylic acids is 1. The van der Waals surface area contributed by atoms with Gasteiger partial charge in [0, 0.05) is 36.6 Å². The zero-order valence-electron chi connectivity index (χ0n) is 13.8. The minimum atomic E-state index is -0.177. The highest BCUT2D eigenvalue weighted by Crippen LogP contribution is 2.37. The molecule has 2 rings (SSSR count). The molecule has 1 aromatic rings. The van der Waals surface area contributed by atoms with Crippen LogP contribution in [0.25, 0.3) is 0 Å². The second-order valence-corrected chi connectivity index (χ2v) is 7.20. The van der Waals surface area contributed by atoms with Gasteiger partial charge in [-0.3, -0.25) is 9.79 Å². The van der Waals surface area contributed by atoms with Gasteiger partial charge >= 0.3 is 0 Å². The third kappa shape index (κ3) is 3.52. The van der Waals surface area contributed by atoms with Crippen LogP contribution in [0.2, 0.25) is 0 Å². The van der Waals surface area contributed by atoms with E-state index in [2.05, 4.69) is 39.8 Å². The van der Waals surface area contributed by atoms with E-state index in [0.717, 1.165) is 19.4 Å². The lowest BCUT2D eigenvalue weighted by Gasteiger charge is -2.52. The van der Waals surface area contributed by atoms with Crippen molar-refractivity contribution >= 4 is 11.6 Å². The van der Waals surface area contributed by atoms with Crippen LogP contribution in [0.3, 0.4) is 0 Å². The fourth-order valence-corrected chi connectivity index (χ4v) is 3.79. The zero-order valence-corrected chi connectivity index (χ0v) is 13.8. The number of hydrogen-bond donors (Lipinski definition) is 0. The molecule has 21 heavy (non-hydrogen) atoms. The van der Waals surface area contributed by atoms with Crippen molar-refractivity contribution in [2.45, 2.75) is 65.1 Å². The van der Waals surface area contributed by atoms with E-state index >= 15 is 0 Å². The molecule has 1 aromatic carbocycles. The number of benzene rings is 1. The summed E-state index contributed by atoms with van der Waals surface area (Å²) in [6, 6.07) is 10.3. The van der Waals surface area contributed by atoms with Crippen LogP contribution in [-0.4, -0.2) is 27.6 Å². The molecule has 1 aliphatic rings. The summed E-state index contributed by atoms with van der Waals surface area (Å²) in [5, 5.41) is 0. The van der Waals surface area contributed by atoms with Crippen LogP contribution in [0.15, 0.2) is 35.3 Å². The van der Waals surface area contributed by atoms with E-state index < -0.39 is 0 Å². The molecular weight excluding hydrogens is 260 g/mol. The average Bonchev–Trinajstić information content (AvgIpc) is 2.34. The number of amides is 1. The van der Waals surface area contributed by atoms with Gasteiger partial charge in [-0.25, -0.2) is 0 Å². The molecule has 0 unspecified atom stereocenters. The molecule has 114 valence electrons. The number of hydrogen-bond acceptors (Lipinski definition) is 2. The van der Waals surface area contributed by atoms with E-state index in [1.807, 2.05) is 23.1 Å². The van der Waals surface area contributed by atoms with Gasteiger partial charge in [0.05, 0.1) is 6.54 Å². The van der Waals surface area contributed by atoms with Gasteiger partial charge < -0.3 is 4.90 Å². The Morgan fingerprint density at radius 1 is 1.10 bits per heavy atom. The first-order valence-corrected chi connectivity index (χ1v) is 7.59. The van der Waals surface area contributed by atoms with Crippen LogP contribution >= 0.6 is 0 Å². The van der Waals surface area contributed by atoms with E-state index in [-0.39, 0.29) is 17.0 Å². The molecule has 3 nitrogen and oxygen atoms in total. The highest BCUT2D eigenvalue weighted by Gasteiger charge is 2.45. The van der Waals surface area contributed by atoms with Crippen LogP contribution in [0.4, 0.5) is 0 Å². The third-order valence-corrected chi connectivity index (χ3v) is 4.13. The monoisotopic (exact) mass is 286 g/mol. The SMILES string of the molecule is CC(=O)N1C(C)(C)CC(=NCc2ccccc2)CC1(C)C. The van der Waals surface area contributed by atoms with E-state index in [1.54, 1.807) is 6.92 Å². The van der Waals surface area contributed by atoms with Gasteiger partial charge in [-0.15, -0.1) is 0 Å². The maximum Gasteiger partial charge on any atom is 0.220 e. The van der Waals surface area contributed by atoms with Crippen LogP contribution in [0, 0.1) is 0 Å². The van der Waals surface area contributed by atoms with Crippen molar-refractivity contribution in [1.82, 2.24) is 4.90 Å². The van der Waals surface area contributed by atoms with Gasteiger partial charge in [-0.2, -0.15) is 0 Å². The molecule has 0 saturated carbocycles. The molecule has 0 aromatic heterocycles. The van der Waals surface area contributed by atoms with Gasteiger partial charge in [-0.1, -0.05) is 30.3 Å². The first-order valence-electron chi connectivity index (χ1n) is 7.59. The van der Waals surface area contributed by atoms with Gasteiger partial charge in [0.15, 0.2) is 0 Å². The predicted molar refractivity (Wildman–Crippen MR) is 87.5 cm³/mol. The molecule has 0 radical (unpaired) electrons. The summed E-state index contributed by atoms with van der Waals surface area (Å²) in [6.07, 6.45) is 1.70. The predicted octanol–water partition coefficient (Wildman–Crippen LogP) is 3.83. The minimum Gasteiger partial charge on any atom is -0.332 e. The number of carbonyl (C=O) groups is 1. The molecule has 0 atom stereocenters. The normalized spacial score (nSPS) is 20.2. The molecule has 0 N–H and O–H groups in total. The molecule has 0 spiro atoms. The van der Waals surface area contributed by atoms with Gasteiger partial charge in [0.2, 0.25) is 5.91 Å². The summed E-state index contributed by atoms with van der Waals surface area (Å²) in [6.45, 7) is 10.9. The fourth-order valence-electron chi connectivity index (χ4n) is 3.79. The van der Waals surface area contributed by atoms with E-state index in [1.165, 1.54) is 11.3 Å². The van der Waals surface area contributed by atoms with Crippen molar-refractivity contribution in [3.05, 3.63) is 35.9 Å². The highest BCUT2D eigenvalue weighted by atomic mass is 16.2. The molecule has 1 fully saturated rings. The van der Waals surface area contributed by atoms with E-state index in [9.17, 15) is 4.79 Å². The van der Waals surface area contributed by atoms with E-state index in [4.69, 9.17) is 4.99 Å². The Kier molecular flexibility index (Phi) is 4.22. The Labute approximate surface area is 128 Å². The fraction of sp³-hybridized carbons (Fsp3) is 0.556. The molecule has 1 heterocycles. The third-order valence-electron chi connectivity index (χ3n) is 4.13. The zero-order chi connectivity index (χ0) is 15.7. The molecule has 1 amide bonds. The van der Waals surface area contributed by atoms with Gasteiger partial charge in [0.1, 0.15) is 0 Å². The van der Waals surface area contributed by atoms with Crippen molar-refractivity contribution < 1.29 is 4.79 Å². The Morgan fingerprint density at radius 2 is 1.62 bits per heavy atom. The van der Waals surface area contributed by atoms with Crippen molar-refractivity contribution in [3.8, 4) is 0 Å². The molecule has 0 bridgehead atoms. The summed E-state index contributed by atoms with van der Waals surface area (Å²) >= 11 is 0. The van der Waals surface area contributed by atoms with Crippen molar-refractivity contribution in [3.63, 3.8) is 0 Å². The van der Waals surface area contributed by atoms with Crippen LogP contribution in [0.1, 0.15) is 53.0 Å². The molecule has 3 heteroatoms. The maximum atomic E-state index is 12.0. The van der Waals surface area contributed by atoms with E-state index in [0.29, 0.717) is 0 Å². The first kappa shape index (κ1) is 15.7. The lowest BCUT2D eigenvalue weighted by molar-refractivity contribution is -0.142. The summed E-state index contributed by atoms with van der Waals surface area (Å²) < 4.78 is 0. The summed E-state index contributed by atoms with van der Waals surface area (Å²) in [4.78, 5) is 18.8. The van der Waals surface area contributed by atoms with Gasteiger partial charge in [-0.05, 0) is 33.3 Å². The lowest BCUT2D eigenvalue weighted by Crippen LogP contribution is -2.62. The number of nitrogens with zero attached hydrogens (tertiary/aromatic N) is 2. The topological polar surface area (TPSA) is 32.7 Å². The van der Waals surface area contributed by atoms with Crippen molar-refractivity contribution in [1.29, 1.82) is 0 Å². The number of rotatable bonds is 2. The van der Waals surface area contributed by atoms with Crippen LogP contribution in [0.5, 0.6) is 0 Å². The van der Waals surface area contributed by atoms with Crippen LogP contribution < -0.4 is 0 Å². The molecular formula is C18H26N2O. The average molecular weight is 286 g/mol. The van der Waals surface area contributed by atoms with Gasteiger partial charge in [0.25, 0.3) is 0 Å². The van der Waals surface area contributed by atoms with Crippen molar-refractivity contribution in [2.24, 2.45) is 4.99 Å². The summed E-state index contributed by atoms with van der Waals surface area (Å²) in [5.41, 5.74) is 2.09. The molecule has 1 aliphatic heterocycles. The Hall–Kier alpha value is -1.64. The lowest BCUT2D eigenvalue weighted by atomic mass is 9.78. The number of likely N-dealkylation sites (tertiary alicyclic amines) is 1. The highest BCUT2D eigenvalue weighted by molar-refractivity contribution is 5.90. The molecule has 0 aliphatic carbocycles. The summed E-state index contributed by atoms with van der Waals surface area (Å²) in [7, 11) is 0. The largest absolute Gasteiger partial charge is 0.332 e. The second kappa shape index (κ2) is 5.63. The second-order valence-electron chi connectivity index (χ2n) is 7.20. The molecule has 1 saturated heterocycles. The Morgan fingerprint density at radius 3 is 2.10 bits per heavy atom. The first-order chi connectivity index (χ1) is 9.72.